The topological polar surface area (TPSA) is 18.5 Å². The Kier molecular flexibility index (Phi) is 8.15. The predicted molar refractivity (Wildman–Crippen MR) is 98.6 cm³/mol. The third-order valence-electron chi connectivity index (χ3n) is 4.83. The van der Waals surface area contributed by atoms with Gasteiger partial charge in [-0.1, -0.05) is 30.3 Å². The van der Waals surface area contributed by atoms with Crippen molar-refractivity contribution < 1.29 is 0 Å². The van der Waals surface area contributed by atoms with Crippen molar-refractivity contribution in [1.82, 2.24) is 15.1 Å². The molecule has 126 valence electrons. The van der Waals surface area contributed by atoms with Crippen molar-refractivity contribution in [2.75, 3.05) is 40.3 Å². The van der Waals surface area contributed by atoms with E-state index in [9.17, 15) is 0 Å². The first-order chi connectivity index (χ1) is 9.74. The lowest BCUT2D eigenvalue weighted by Crippen LogP contribution is -2.35. The van der Waals surface area contributed by atoms with Crippen LogP contribution < -0.4 is 5.32 Å². The molecule has 1 aromatic carbocycles. The SMILES string of the molecule is CN(C)[C@H]1CCN(CCN[C@@H]2C[C@H]2c2ccccc2)C1.Cl.Cl. The first kappa shape index (κ1) is 19.7. The first-order valence-electron chi connectivity index (χ1n) is 7.91. The third kappa shape index (κ3) is 5.10. The second-order valence-corrected chi connectivity index (χ2v) is 6.52. The van der Waals surface area contributed by atoms with Crippen LogP contribution >= 0.6 is 24.8 Å². The van der Waals surface area contributed by atoms with Crippen LogP contribution in [-0.4, -0.2) is 62.2 Å². The Balaban J connectivity index is 0.00000121. The van der Waals surface area contributed by atoms with Crippen LogP contribution in [0.25, 0.3) is 0 Å². The quantitative estimate of drug-likeness (QED) is 0.854. The summed E-state index contributed by atoms with van der Waals surface area (Å²) in [5.74, 6) is 0.754. The van der Waals surface area contributed by atoms with Gasteiger partial charge in [-0.25, -0.2) is 0 Å². The molecule has 1 saturated carbocycles. The Bertz CT molecular complexity index is 427. The number of halogens is 2. The van der Waals surface area contributed by atoms with Gasteiger partial charge in [0, 0.05) is 37.6 Å². The van der Waals surface area contributed by atoms with E-state index in [1.54, 1.807) is 0 Å². The summed E-state index contributed by atoms with van der Waals surface area (Å²) >= 11 is 0. The molecule has 1 N–H and O–H groups in total. The van der Waals surface area contributed by atoms with Gasteiger partial charge in [0.15, 0.2) is 0 Å². The summed E-state index contributed by atoms with van der Waals surface area (Å²) in [4.78, 5) is 4.96. The van der Waals surface area contributed by atoms with Crippen LogP contribution in [-0.2, 0) is 0 Å². The number of nitrogens with zero attached hydrogens (tertiary/aromatic N) is 2. The molecule has 3 nitrogen and oxygen atoms in total. The smallest absolute Gasteiger partial charge is 0.0229 e. The molecule has 2 fully saturated rings. The van der Waals surface area contributed by atoms with Gasteiger partial charge in [0.1, 0.15) is 0 Å². The monoisotopic (exact) mass is 345 g/mol. The zero-order chi connectivity index (χ0) is 13.9. The molecule has 3 rings (SSSR count). The lowest BCUT2D eigenvalue weighted by Gasteiger charge is -2.20. The second kappa shape index (κ2) is 9.09. The Labute approximate surface area is 147 Å². The van der Waals surface area contributed by atoms with Crippen LogP contribution in [0, 0.1) is 0 Å². The highest BCUT2D eigenvalue weighted by Gasteiger charge is 2.37. The van der Waals surface area contributed by atoms with Crippen LogP contribution in [0.5, 0.6) is 0 Å². The van der Waals surface area contributed by atoms with Gasteiger partial charge in [-0.2, -0.15) is 0 Å². The van der Waals surface area contributed by atoms with Crippen LogP contribution in [0.15, 0.2) is 30.3 Å². The maximum Gasteiger partial charge on any atom is 0.0229 e. The molecule has 0 aromatic heterocycles. The summed E-state index contributed by atoms with van der Waals surface area (Å²) in [5, 5.41) is 3.72. The lowest BCUT2D eigenvalue weighted by atomic mass is 10.1. The Morgan fingerprint density at radius 3 is 2.55 bits per heavy atom. The number of likely N-dealkylation sites (tertiary alicyclic amines) is 1. The van der Waals surface area contributed by atoms with Gasteiger partial charge >= 0.3 is 0 Å². The van der Waals surface area contributed by atoms with Crippen LogP contribution in [0.4, 0.5) is 0 Å². The highest BCUT2D eigenvalue weighted by Crippen LogP contribution is 2.40. The Morgan fingerprint density at radius 2 is 1.91 bits per heavy atom. The summed E-state index contributed by atoms with van der Waals surface area (Å²) in [7, 11) is 4.39. The Hall–Kier alpha value is -0.320. The minimum atomic E-state index is 0. The Morgan fingerprint density at radius 1 is 1.18 bits per heavy atom. The van der Waals surface area contributed by atoms with Crippen molar-refractivity contribution in [3.63, 3.8) is 0 Å². The third-order valence-corrected chi connectivity index (χ3v) is 4.83. The van der Waals surface area contributed by atoms with Crippen LogP contribution in [0.1, 0.15) is 24.3 Å². The molecule has 1 aromatic rings. The van der Waals surface area contributed by atoms with Crippen molar-refractivity contribution in [1.29, 1.82) is 0 Å². The number of hydrogen-bond donors (Lipinski definition) is 1. The molecule has 1 aliphatic carbocycles. The van der Waals surface area contributed by atoms with Crippen molar-refractivity contribution >= 4 is 24.8 Å². The number of likely N-dealkylation sites (N-methyl/N-ethyl adjacent to an activating group) is 1. The molecular weight excluding hydrogens is 317 g/mol. The first-order valence-corrected chi connectivity index (χ1v) is 7.91. The zero-order valence-electron chi connectivity index (χ0n) is 13.6. The molecule has 1 saturated heterocycles. The summed E-state index contributed by atoms with van der Waals surface area (Å²) in [6.45, 7) is 4.83. The summed E-state index contributed by atoms with van der Waals surface area (Å²) in [5.41, 5.74) is 1.50. The molecule has 22 heavy (non-hydrogen) atoms. The molecule has 1 aliphatic heterocycles. The fraction of sp³-hybridized carbons (Fsp3) is 0.647. The summed E-state index contributed by atoms with van der Waals surface area (Å²) < 4.78 is 0. The number of benzene rings is 1. The summed E-state index contributed by atoms with van der Waals surface area (Å²) in [6, 6.07) is 12.4. The average Bonchev–Trinajstić information content (AvgIpc) is 3.07. The molecule has 0 spiro atoms. The van der Waals surface area contributed by atoms with E-state index in [4.69, 9.17) is 0 Å². The molecule has 3 atom stereocenters. The molecule has 0 bridgehead atoms. The second-order valence-electron chi connectivity index (χ2n) is 6.52. The fourth-order valence-electron chi connectivity index (χ4n) is 3.33. The molecule has 0 unspecified atom stereocenters. The highest BCUT2D eigenvalue weighted by molar-refractivity contribution is 5.85. The predicted octanol–water partition coefficient (Wildman–Crippen LogP) is 2.61. The van der Waals surface area contributed by atoms with E-state index in [0.29, 0.717) is 6.04 Å². The molecule has 5 heteroatoms. The molecule has 1 heterocycles. The van der Waals surface area contributed by atoms with E-state index in [1.807, 2.05) is 0 Å². The van der Waals surface area contributed by atoms with Crippen molar-refractivity contribution in [2.24, 2.45) is 0 Å². The van der Waals surface area contributed by atoms with Crippen molar-refractivity contribution in [3.05, 3.63) is 35.9 Å². The molecular formula is C17H29Cl2N3. The number of nitrogens with one attached hydrogen (secondary N) is 1. The maximum atomic E-state index is 3.72. The standard InChI is InChI=1S/C17H27N3.2ClH/c1-19(2)15-8-10-20(13-15)11-9-18-17-12-16(17)14-6-4-3-5-7-14;;/h3-7,15-18H,8-13H2,1-2H3;2*1H/t15-,16-,17+;;/m0../s1. The minimum Gasteiger partial charge on any atom is -0.312 e. The van der Waals surface area contributed by atoms with Crippen LogP contribution in [0.2, 0.25) is 0 Å². The molecule has 2 aliphatic rings. The van der Waals surface area contributed by atoms with E-state index in [2.05, 4.69) is 59.5 Å². The highest BCUT2D eigenvalue weighted by atomic mass is 35.5. The minimum absolute atomic E-state index is 0. The van der Waals surface area contributed by atoms with Gasteiger partial charge in [0.05, 0.1) is 0 Å². The van der Waals surface area contributed by atoms with E-state index in [-0.39, 0.29) is 24.8 Å². The fourth-order valence-corrected chi connectivity index (χ4v) is 3.33. The van der Waals surface area contributed by atoms with E-state index in [0.717, 1.165) is 18.5 Å². The number of rotatable bonds is 6. The number of hydrogen-bond acceptors (Lipinski definition) is 3. The van der Waals surface area contributed by atoms with Gasteiger partial charge in [-0.3, -0.25) is 0 Å². The largest absolute Gasteiger partial charge is 0.312 e. The molecule has 0 radical (unpaired) electrons. The lowest BCUT2D eigenvalue weighted by molar-refractivity contribution is 0.268. The summed E-state index contributed by atoms with van der Waals surface area (Å²) in [6.07, 6.45) is 2.63. The van der Waals surface area contributed by atoms with Crippen molar-refractivity contribution in [3.8, 4) is 0 Å². The molecule has 0 amide bonds. The average molecular weight is 346 g/mol. The van der Waals surface area contributed by atoms with E-state index in [1.165, 1.54) is 38.0 Å². The van der Waals surface area contributed by atoms with E-state index < -0.39 is 0 Å². The maximum absolute atomic E-state index is 3.72. The van der Waals surface area contributed by atoms with Gasteiger partial charge < -0.3 is 15.1 Å². The van der Waals surface area contributed by atoms with E-state index >= 15 is 0 Å². The van der Waals surface area contributed by atoms with Gasteiger partial charge in [-0.15, -0.1) is 24.8 Å². The normalized spacial score (nSPS) is 27.3. The van der Waals surface area contributed by atoms with Gasteiger partial charge in [-0.05, 0) is 39.0 Å². The van der Waals surface area contributed by atoms with Gasteiger partial charge in [0.25, 0.3) is 0 Å². The zero-order valence-corrected chi connectivity index (χ0v) is 15.2. The van der Waals surface area contributed by atoms with Gasteiger partial charge in [0.2, 0.25) is 0 Å². The van der Waals surface area contributed by atoms with Crippen molar-refractivity contribution in [2.45, 2.75) is 30.8 Å². The van der Waals surface area contributed by atoms with Crippen LogP contribution in [0.3, 0.4) is 0 Å².